The van der Waals surface area contributed by atoms with Crippen molar-refractivity contribution in [1.29, 1.82) is 0 Å². The molecular formula is C26H30N6O3. The van der Waals surface area contributed by atoms with E-state index in [4.69, 9.17) is 9.84 Å². The Hall–Kier alpha value is -3.69. The molecule has 1 aromatic heterocycles. The molecule has 2 aliphatic heterocycles. The zero-order chi connectivity index (χ0) is 24.0. The molecule has 0 unspecified atom stereocenters. The highest BCUT2D eigenvalue weighted by atomic mass is 16.5. The minimum absolute atomic E-state index is 0.0672. The second kappa shape index (κ2) is 10.7. The first-order valence-corrected chi connectivity index (χ1v) is 12.0. The first kappa shape index (κ1) is 23.1. The van der Waals surface area contributed by atoms with Gasteiger partial charge in [-0.1, -0.05) is 48.5 Å². The van der Waals surface area contributed by atoms with Crippen molar-refractivity contribution in [3.8, 4) is 16.9 Å². The number of rotatable bonds is 5. The van der Waals surface area contributed by atoms with Gasteiger partial charge in [0.05, 0.1) is 31.1 Å². The van der Waals surface area contributed by atoms with Gasteiger partial charge in [0.25, 0.3) is 0 Å². The van der Waals surface area contributed by atoms with Gasteiger partial charge in [0.1, 0.15) is 5.82 Å². The minimum atomic E-state index is -0.102. The van der Waals surface area contributed by atoms with E-state index in [0.29, 0.717) is 58.3 Å². The van der Waals surface area contributed by atoms with E-state index in [0.717, 1.165) is 16.9 Å². The summed E-state index contributed by atoms with van der Waals surface area (Å²) in [5.41, 5.74) is 2.65. The number of urea groups is 1. The molecule has 0 aliphatic carbocycles. The Labute approximate surface area is 204 Å². The number of carbonyl (C=O) groups is 2. The van der Waals surface area contributed by atoms with Crippen molar-refractivity contribution in [2.75, 3.05) is 64.3 Å². The minimum Gasteiger partial charge on any atom is -0.378 e. The number of ether oxygens (including phenoxy) is 1. The number of aromatic nitrogens is 2. The lowest BCUT2D eigenvalue weighted by Gasteiger charge is -2.38. The van der Waals surface area contributed by atoms with Crippen molar-refractivity contribution >= 4 is 17.8 Å². The quantitative estimate of drug-likeness (QED) is 0.615. The molecule has 9 heteroatoms. The van der Waals surface area contributed by atoms with E-state index in [2.05, 4.69) is 10.2 Å². The van der Waals surface area contributed by atoms with Crippen LogP contribution in [0.2, 0.25) is 0 Å². The smallest absolute Gasteiger partial charge is 0.320 e. The molecule has 5 rings (SSSR count). The normalized spacial score (nSPS) is 16.8. The average Bonchev–Trinajstić information content (AvgIpc) is 3.34. The second-order valence-corrected chi connectivity index (χ2v) is 8.72. The molecule has 2 aliphatic rings. The molecule has 2 aromatic carbocycles. The van der Waals surface area contributed by atoms with Gasteiger partial charge in [-0.2, -0.15) is 5.10 Å². The first-order valence-electron chi connectivity index (χ1n) is 12.0. The number of benzene rings is 2. The third kappa shape index (κ3) is 5.52. The summed E-state index contributed by atoms with van der Waals surface area (Å²) in [6, 6.07) is 21.6. The third-order valence-corrected chi connectivity index (χ3v) is 6.34. The number of piperazine rings is 1. The Bertz CT molecular complexity index is 1140. The van der Waals surface area contributed by atoms with Crippen LogP contribution in [0, 0.1) is 0 Å². The van der Waals surface area contributed by atoms with E-state index in [9.17, 15) is 9.59 Å². The highest BCUT2D eigenvalue weighted by Gasteiger charge is 2.27. The van der Waals surface area contributed by atoms with E-state index in [1.165, 1.54) is 0 Å². The van der Waals surface area contributed by atoms with Crippen LogP contribution >= 0.6 is 0 Å². The van der Waals surface area contributed by atoms with E-state index in [1.807, 2.05) is 76.5 Å². The summed E-state index contributed by atoms with van der Waals surface area (Å²) < 4.78 is 7.10. The Kier molecular flexibility index (Phi) is 7.06. The second-order valence-electron chi connectivity index (χ2n) is 8.72. The fourth-order valence-electron chi connectivity index (χ4n) is 4.42. The van der Waals surface area contributed by atoms with Crippen LogP contribution < -0.4 is 5.32 Å². The van der Waals surface area contributed by atoms with Crippen molar-refractivity contribution in [2.45, 2.75) is 0 Å². The average molecular weight is 475 g/mol. The maximum atomic E-state index is 13.0. The lowest BCUT2D eigenvalue weighted by molar-refractivity contribution is -0.117. The van der Waals surface area contributed by atoms with Crippen LogP contribution in [0.5, 0.6) is 0 Å². The Morgan fingerprint density at radius 1 is 0.829 bits per heavy atom. The maximum Gasteiger partial charge on any atom is 0.320 e. The maximum absolute atomic E-state index is 13.0. The van der Waals surface area contributed by atoms with Crippen LogP contribution in [0.1, 0.15) is 0 Å². The molecule has 3 heterocycles. The van der Waals surface area contributed by atoms with Gasteiger partial charge in [0.2, 0.25) is 5.91 Å². The summed E-state index contributed by atoms with van der Waals surface area (Å²) in [6.45, 7) is 5.29. The number of carbonyl (C=O) groups excluding carboxylic acids is 2. The number of morpholine rings is 1. The van der Waals surface area contributed by atoms with Gasteiger partial charge in [-0.25, -0.2) is 9.48 Å². The van der Waals surface area contributed by atoms with Gasteiger partial charge >= 0.3 is 6.03 Å². The summed E-state index contributed by atoms with van der Waals surface area (Å²) in [7, 11) is 0. The number of nitrogens with zero attached hydrogens (tertiary/aromatic N) is 5. The lowest BCUT2D eigenvalue weighted by Crippen LogP contribution is -2.55. The first-order chi connectivity index (χ1) is 17.2. The zero-order valence-electron chi connectivity index (χ0n) is 19.7. The van der Waals surface area contributed by atoms with E-state index >= 15 is 0 Å². The lowest BCUT2D eigenvalue weighted by atomic mass is 10.1. The molecule has 2 saturated heterocycles. The van der Waals surface area contributed by atoms with Gasteiger partial charge in [-0.05, 0) is 12.1 Å². The number of hydrogen-bond acceptors (Lipinski definition) is 5. The molecule has 35 heavy (non-hydrogen) atoms. The molecule has 0 radical (unpaired) electrons. The van der Waals surface area contributed by atoms with Crippen molar-refractivity contribution in [2.24, 2.45) is 0 Å². The zero-order valence-corrected chi connectivity index (χ0v) is 19.7. The summed E-state index contributed by atoms with van der Waals surface area (Å²) in [5, 5.41) is 7.80. The van der Waals surface area contributed by atoms with Crippen LogP contribution in [0.3, 0.4) is 0 Å². The predicted octanol–water partition coefficient (Wildman–Crippen LogP) is 2.55. The monoisotopic (exact) mass is 474 g/mol. The highest BCUT2D eigenvalue weighted by Crippen LogP contribution is 2.24. The van der Waals surface area contributed by atoms with Crippen molar-refractivity contribution in [3.05, 3.63) is 66.7 Å². The SMILES string of the molecule is O=C(CN1CCN(C(=O)N2CCOCC2)CC1)Nc1cc(-c2ccccc2)nn1-c1ccccc1. The third-order valence-electron chi connectivity index (χ3n) is 6.34. The molecule has 0 bridgehead atoms. The molecule has 0 atom stereocenters. The van der Waals surface area contributed by atoms with Gasteiger partial charge in [-0.3, -0.25) is 9.69 Å². The Morgan fingerprint density at radius 2 is 1.46 bits per heavy atom. The molecule has 9 nitrogen and oxygen atoms in total. The molecule has 3 amide bonds. The van der Waals surface area contributed by atoms with Crippen LogP contribution in [0.25, 0.3) is 16.9 Å². The van der Waals surface area contributed by atoms with E-state index < -0.39 is 0 Å². The fraction of sp³-hybridized carbons (Fsp3) is 0.346. The van der Waals surface area contributed by atoms with Gasteiger partial charge in [-0.15, -0.1) is 0 Å². The Balaban J connectivity index is 1.22. The summed E-state index contributed by atoms with van der Waals surface area (Å²) in [5.74, 6) is 0.524. The molecule has 3 aromatic rings. The molecule has 1 N–H and O–H groups in total. The summed E-state index contributed by atoms with van der Waals surface area (Å²) in [4.78, 5) is 31.5. The van der Waals surface area contributed by atoms with Crippen LogP contribution in [0.15, 0.2) is 66.7 Å². The van der Waals surface area contributed by atoms with Crippen molar-refractivity contribution in [3.63, 3.8) is 0 Å². The van der Waals surface area contributed by atoms with Gasteiger partial charge in [0.15, 0.2) is 0 Å². The molecule has 0 saturated carbocycles. The van der Waals surface area contributed by atoms with E-state index in [-0.39, 0.29) is 18.5 Å². The molecule has 0 spiro atoms. The van der Waals surface area contributed by atoms with Crippen LogP contribution in [-0.2, 0) is 9.53 Å². The summed E-state index contributed by atoms with van der Waals surface area (Å²) >= 11 is 0. The fourth-order valence-corrected chi connectivity index (χ4v) is 4.42. The van der Waals surface area contributed by atoms with Crippen molar-refractivity contribution < 1.29 is 14.3 Å². The highest BCUT2D eigenvalue weighted by molar-refractivity contribution is 5.92. The Morgan fingerprint density at radius 3 is 2.14 bits per heavy atom. The summed E-state index contributed by atoms with van der Waals surface area (Å²) in [6.07, 6.45) is 0. The molecule has 2 fully saturated rings. The molecular weight excluding hydrogens is 444 g/mol. The number of para-hydroxylation sites is 1. The number of amides is 3. The number of hydrogen-bond donors (Lipinski definition) is 1. The predicted molar refractivity (Wildman–Crippen MR) is 133 cm³/mol. The topological polar surface area (TPSA) is 82.9 Å². The van der Waals surface area contributed by atoms with Crippen LogP contribution in [-0.4, -0.2) is 95.4 Å². The molecule has 182 valence electrons. The van der Waals surface area contributed by atoms with E-state index in [1.54, 1.807) is 4.68 Å². The number of nitrogens with one attached hydrogen (secondary N) is 1. The number of anilines is 1. The van der Waals surface area contributed by atoms with Gasteiger partial charge < -0.3 is 19.9 Å². The largest absolute Gasteiger partial charge is 0.378 e. The standard InChI is InChI=1S/C26H30N6O3/c33-25(20-29-11-13-30(14-12-29)26(34)31-15-17-35-18-16-31)27-24-19-23(21-7-3-1-4-8-21)28-32(24)22-9-5-2-6-10-22/h1-10,19H,11-18,20H2,(H,27,33). The van der Waals surface area contributed by atoms with Gasteiger partial charge in [0, 0.05) is 50.9 Å². The van der Waals surface area contributed by atoms with Crippen molar-refractivity contribution in [1.82, 2.24) is 24.5 Å². The van der Waals surface area contributed by atoms with Crippen LogP contribution in [0.4, 0.5) is 10.6 Å².